The highest BCUT2D eigenvalue weighted by Crippen LogP contribution is 2.17. The summed E-state index contributed by atoms with van der Waals surface area (Å²) in [5.74, 6) is 0.0790. The Labute approximate surface area is 164 Å². The van der Waals surface area contributed by atoms with Crippen molar-refractivity contribution in [3.05, 3.63) is 59.9 Å². The van der Waals surface area contributed by atoms with Crippen LogP contribution in [0.1, 0.15) is 30.6 Å². The SMILES string of the molecule is CC(C)NC(=O)Nc1ccccc1C(=O)N(C)CCCOc1ccc(F)cc1. The van der Waals surface area contributed by atoms with E-state index in [1.807, 2.05) is 13.8 Å². The molecule has 0 aromatic heterocycles. The first kappa shape index (κ1) is 21.2. The third-order valence-electron chi connectivity index (χ3n) is 3.89. The predicted molar refractivity (Wildman–Crippen MR) is 107 cm³/mol. The lowest BCUT2D eigenvalue weighted by molar-refractivity contribution is 0.0789. The van der Waals surface area contributed by atoms with Crippen LogP contribution >= 0.6 is 0 Å². The van der Waals surface area contributed by atoms with Crippen molar-refractivity contribution in [1.29, 1.82) is 0 Å². The lowest BCUT2D eigenvalue weighted by Gasteiger charge is -2.20. The molecule has 0 unspecified atom stereocenters. The number of urea groups is 1. The van der Waals surface area contributed by atoms with Gasteiger partial charge >= 0.3 is 6.03 Å². The topological polar surface area (TPSA) is 70.7 Å². The number of anilines is 1. The first-order valence-electron chi connectivity index (χ1n) is 9.17. The lowest BCUT2D eigenvalue weighted by Crippen LogP contribution is -2.35. The van der Waals surface area contributed by atoms with Crippen LogP contribution in [0.5, 0.6) is 5.75 Å². The van der Waals surface area contributed by atoms with Gasteiger partial charge in [0, 0.05) is 19.6 Å². The van der Waals surface area contributed by atoms with Gasteiger partial charge in [0.05, 0.1) is 17.9 Å². The Morgan fingerprint density at radius 2 is 1.79 bits per heavy atom. The van der Waals surface area contributed by atoms with E-state index in [1.165, 1.54) is 12.1 Å². The summed E-state index contributed by atoms with van der Waals surface area (Å²) >= 11 is 0. The van der Waals surface area contributed by atoms with Gasteiger partial charge in [-0.25, -0.2) is 9.18 Å². The predicted octanol–water partition coefficient (Wildman–Crippen LogP) is 3.90. The number of amides is 3. The number of hydrogen-bond donors (Lipinski definition) is 2. The average Bonchev–Trinajstić information content (AvgIpc) is 2.65. The highest BCUT2D eigenvalue weighted by atomic mass is 19.1. The number of para-hydroxylation sites is 1. The van der Waals surface area contributed by atoms with Gasteiger partial charge in [-0.3, -0.25) is 4.79 Å². The Hall–Kier alpha value is -3.09. The van der Waals surface area contributed by atoms with Crippen molar-refractivity contribution in [3.63, 3.8) is 0 Å². The molecule has 3 amide bonds. The third kappa shape index (κ3) is 6.57. The molecule has 0 spiro atoms. The fraction of sp³-hybridized carbons (Fsp3) is 0.333. The van der Waals surface area contributed by atoms with E-state index in [1.54, 1.807) is 48.3 Å². The molecule has 0 saturated carbocycles. The second-order valence-corrected chi connectivity index (χ2v) is 6.68. The minimum absolute atomic E-state index is 0.00774. The standard InChI is InChI=1S/C21H26FN3O3/c1-15(2)23-21(27)24-19-8-5-4-7-18(19)20(26)25(3)13-6-14-28-17-11-9-16(22)10-12-17/h4-5,7-12,15H,6,13-14H2,1-3H3,(H2,23,24,27). The Kier molecular flexibility index (Phi) is 7.80. The average molecular weight is 387 g/mol. The van der Waals surface area contributed by atoms with Crippen molar-refractivity contribution in [2.45, 2.75) is 26.3 Å². The van der Waals surface area contributed by atoms with Crippen LogP contribution in [0.15, 0.2) is 48.5 Å². The molecule has 0 aliphatic heterocycles. The molecular formula is C21H26FN3O3. The van der Waals surface area contributed by atoms with Gasteiger partial charge in [-0.05, 0) is 56.7 Å². The van der Waals surface area contributed by atoms with Crippen molar-refractivity contribution in [1.82, 2.24) is 10.2 Å². The molecular weight excluding hydrogens is 361 g/mol. The molecule has 0 aliphatic carbocycles. The number of ether oxygens (including phenoxy) is 1. The summed E-state index contributed by atoms with van der Waals surface area (Å²) in [5, 5.41) is 5.45. The molecule has 7 heteroatoms. The highest BCUT2D eigenvalue weighted by molar-refractivity contribution is 6.03. The van der Waals surface area contributed by atoms with E-state index in [0.29, 0.717) is 36.6 Å². The van der Waals surface area contributed by atoms with Gasteiger partial charge in [-0.1, -0.05) is 12.1 Å². The molecule has 0 saturated heterocycles. The molecule has 2 aromatic rings. The molecule has 0 aliphatic rings. The van der Waals surface area contributed by atoms with E-state index < -0.39 is 0 Å². The van der Waals surface area contributed by atoms with Crippen LogP contribution in [-0.2, 0) is 0 Å². The Morgan fingerprint density at radius 3 is 2.46 bits per heavy atom. The normalized spacial score (nSPS) is 10.5. The molecule has 6 nitrogen and oxygen atoms in total. The molecule has 0 fully saturated rings. The summed E-state index contributed by atoms with van der Waals surface area (Å²) in [4.78, 5) is 26.3. The van der Waals surface area contributed by atoms with Crippen molar-refractivity contribution < 1.29 is 18.7 Å². The first-order chi connectivity index (χ1) is 13.4. The molecule has 0 radical (unpaired) electrons. The van der Waals surface area contributed by atoms with Gasteiger partial charge in [0.1, 0.15) is 11.6 Å². The molecule has 0 atom stereocenters. The number of rotatable bonds is 8. The zero-order chi connectivity index (χ0) is 20.5. The summed E-state index contributed by atoms with van der Waals surface area (Å²) in [5.41, 5.74) is 0.878. The minimum Gasteiger partial charge on any atom is -0.494 e. The van der Waals surface area contributed by atoms with Crippen molar-refractivity contribution in [3.8, 4) is 5.75 Å². The van der Waals surface area contributed by atoms with Crippen LogP contribution < -0.4 is 15.4 Å². The Morgan fingerprint density at radius 1 is 1.11 bits per heavy atom. The van der Waals surface area contributed by atoms with Gasteiger partial charge in [0.15, 0.2) is 0 Å². The van der Waals surface area contributed by atoms with Crippen LogP contribution in [0.4, 0.5) is 14.9 Å². The first-order valence-corrected chi connectivity index (χ1v) is 9.17. The summed E-state index contributed by atoms with van der Waals surface area (Å²) in [6, 6.07) is 12.3. The van der Waals surface area contributed by atoms with Gasteiger partial charge in [-0.15, -0.1) is 0 Å². The highest BCUT2D eigenvalue weighted by Gasteiger charge is 2.17. The van der Waals surface area contributed by atoms with Crippen LogP contribution in [-0.4, -0.2) is 43.1 Å². The van der Waals surface area contributed by atoms with E-state index in [2.05, 4.69) is 10.6 Å². The summed E-state index contributed by atoms with van der Waals surface area (Å²) in [6.07, 6.45) is 0.614. The zero-order valence-electron chi connectivity index (χ0n) is 16.4. The van der Waals surface area contributed by atoms with E-state index in [-0.39, 0.29) is 23.8 Å². The summed E-state index contributed by atoms with van der Waals surface area (Å²) in [7, 11) is 1.70. The molecule has 150 valence electrons. The fourth-order valence-corrected chi connectivity index (χ4v) is 2.53. The number of hydrogen-bond acceptors (Lipinski definition) is 3. The number of carbonyl (C=O) groups is 2. The second kappa shape index (κ2) is 10.3. The Bertz CT molecular complexity index is 794. The largest absolute Gasteiger partial charge is 0.494 e. The van der Waals surface area contributed by atoms with Crippen molar-refractivity contribution in [2.24, 2.45) is 0 Å². The molecule has 0 bridgehead atoms. The van der Waals surface area contributed by atoms with E-state index in [4.69, 9.17) is 4.74 Å². The minimum atomic E-state index is -0.356. The zero-order valence-corrected chi connectivity index (χ0v) is 16.4. The van der Waals surface area contributed by atoms with E-state index in [9.17, 15) is 14.0 Å². The van der Waals surface area contributed by atoms with Gasteiger partial charge in [0.25, 0.3) is 5.91 Å². The van der Waals surface area contributed by atoms with E-state index in [0.717, 1.165) is 0 Å². The van der Waals surface area contributed by atoms with Crippen LogP contribution in [0.25, 0.3) is 0 Å². The third-order valence-corrected chi connectivity index (χ3v) is 3.89. The number of nitrogens with zero attached hydrogens (tertiary/aromatic N) is 1. The molecule has 2 rings (SSSR count). The maximum atomic E-state index is 12.9. The molecule has 2 N–H and O–H groups in total. The van der Waals surface area contributed by atoms with Gasteiger partial charge in [0.2, 0.25) is 0 Å². The van der Waals surface area contributed by atoms with Gasteiger partial charge in [-0.2, -0.15) is 0 Å². The van der Waals surface area contributed by atoms with Crippen molar-refractivity contribution in [2.75, 3.05) is 25.5 Å². The fourth-order valence-electron chi connectivity index (χ4n) is 2.53. The molecule has 2 aromatic carbocycles. The molecule has 28 heavy (non-hydrogen) atoms. The summed E-state index contributed by atoms with van der Waals surface area (Å²) < 4.78 is 18.4. The van der Waals surface area contributed by atoms with E-state index >= 15 is 0 Å². The number of benzene rings is 2. The Balaban J connectivity index is 1.88. The monoisotopic (exact) mass is 387 g/mol. The second-order valence-electron chi connectivity index (χ2n) is 6.68. The lowest BCUT2D eigenvalue weighted by atomic mass is 10.1. The summed E-state index contributed by atoms with van der Waals surface area (Å²) in [6.45, 7) is 4.60. The maximum Gasteiger partial charge on any atom is 0.319 e. The van der Waals surface area contributed by atoms with Crippen LogP contribution in [0.2, 0.25) is 0 Å². The number of halogens is 1. The van der Waals surface area contributed by atoms with Crippen LogP contribution in [0, 0.1) is 5.82 Å². The van der Waals surface area contributed by atoms with Gasteiger partial charge < -0.3 is 20.3 Å². The number of nitrogens with one attached hydrogen (secondary N) is 2. The molecule has 0 heterocycles. The quantitative estimate of drug-likeness (QED) is 0.675. The van der Waals surface area contributed by atoms with Crippen molar-refractivity contribution >= 4 is 17.6 Å². The number of carbonyl (C=O) groups excluding carboxylic acids is 2. The smallest absolute Gasteiger partial charge is 0.319 e. The van der Waals surface area contributed by atoms with Crippen LogP contribution in [0.3, 0.4) is 0 Å². The maximum absolute atomic E-state index is 12.9.